The maximum absolute atomic E-state index is 11.0. The van der Waals surface area contributed by atoms with Crippen molar-refractivity contribution in [3.05, 3.63) is 30.1 Å². The number of pyridine rings is 1. The Bertz CT molecular complexity index is 289. The molecule has 1 heterocycles. The summed E-state index contributed by atoms with van der Waals surface area (Å²) in [5.74, 6) is -0.294. The molecule has 1 aromatic rings. The summed E-state index contributed by atoms with van der Waals surface area (Å²) in [5, 5.41) is 0. The van der Waals surface area contributed by atoms with Crippen LogP contribution in [-0.4, -0.2) is 13.1 Å². The molecule has 0 fully saturated rings. The molecule has 3 nitrogen and oxygen atoms in total. The average molecular weight is 202 g/mol. The molecule has 72 valence electrons. The Hall–Kier alpha value is -1.09. The fourth-order valence-electron chi connectivity index (χ4n) is 0.957. The van der Waals surface area contributed by atoms with E-state index in [0.717, 1.165) is 6.54 Å². The first-order chi connectivity index (χ1) is 5.77. The van der Waals surface area contributed by atoms with Crippen molar-refractivity contribution in [1.29, 1.82) is 0 Å². The molecule has 0 aliphatic rings. The number of methoxy groups -OCH3 is 1. The molecule has 0 spiro atoms. The minimum atomic E-state index is -0.294. The van der Waals surface area contributed by atoms with Crippen molar-refractivity contribution >= 4 is 5.97 Å². The maximum atomic E-state index is 11.0. The predicted molar refractivity (Wildman–Crippen MR) is 43.7 cm³/mol. The van der Waals surface area contributed by atoms with Gasteiger partial charge < -0.3 is 17.1 Å². The topological polar surface area (TPSA) is 30.2 Å². The van der Waals surface area contributed by atoms with Gasteiger partial charge in [0.1, 0.15) is 12.1 Å². The second kappa shape index (κ2) is 5.54. The molecule has 0 N–H and O–H groups in total. The third-order valence-corrected chi connectivity index (χ3v) is 1.64. The molecule has 0 bridgehead atoms. The van der Waals surface area contributed by atoms with Crippen molar-refractivity contribution in [3.8, 4) is 0 Å². The lowest BCUT2D eigenvalue weighted by molar-refractivity contribution is -0.693. The lowest BCUT2D eigenvalue weighted by Gasteiger charge is -1.96. The van der Waals surface area contributed by atoms with Gasteiger partial charge in [-0.1, -0.05) is 0 Å². The molecule has 1 aromatic heterocycles. The van der Waals surface area contributed by atoms with Crippen LogP contribution in [0, 0.1) is 0 Å². The predicted octanol–water partition coefficient (Wildman–Crippen LogP) is -2.22. The number of halogens is 1. The fourth-order valence-corrected chi connectivity index (χ4v) is 0.957. The average Bonchev–Trinajstić information content (AvgIpc) is 2.17. The van der Waals surface area contributed by atoms with Crippen LogP contribution in [-0.2, 0) is 11.3 Å². The summed E-state index contributed by atoms with van der Waals surface area (Å²) >= 11 is 0. The number of carbonyl (C=O) groups excluding carboxylic acids is 1. The third kappa shape index (κ3) is 3.03. The van der Waals surface area contributed by atoms with Crippen LogP contribution in [0.4, 0.5) is 0 Å². The van der Waals surface area contributed by atoms with Crippen LogP contribution in [0.2, 0.25) is 0 Å². The summed E-state index contributed by atoms with van der Waals surface area (Å²) in [6.07, 6.45) is 3.68. The largest absolute Gasteiger partial charge is 1.00 e. The minimum absolute atomic E-state index is 0. The number of esters is 1. The van der Waals surface area contributed by atoms with E-state index in [0.29, 0.717) is 5.56 Å². The number of ether oxygens (including phenoxy) is 1. The van der Waals surface area contributed by atoms with Gasteiger partial charge >= 0.3 is 5.97 Å². The first-order valence-electron chi connectivity index (χ1n) is 3.85. The van der Waals surface area contributed by atoms with Gasteiger partial charge in [0.15, 0.2) is 12.4 Å². The van der Waals surface area contributed by atoms with Gasteiger partial charge in [-0.15, -0.1) is 0 Å². The third-order valence-electron chi connectivity index (χ3n) is 1.64. The van der Waals surface area contributed by atoms with Crippen LogP contribution in [0.1, 0.15) is 17.3 Å². The molecule has 0 aromatic carbocycles. The SMILES string of the molecule is CC[n+]1cccc(C(=O)OC)c1.[Cl-]. The zero-order chi connectivity index (χ0) is 8.97. The van der Waals surface area contributed by atoms with Gasteiger partial charge in [-0.3, -0.25) is 0 Å². The number of rotatable bonds is 2. The smallest absolute Gasteiger partial charge is 0.343 e. The Morgan fingerprint density at radius 2 is 2.31 bits per heavy atom. The van der Waals surface area contributed by atoms with E-state index < -0.39 is 0 Å². The Morgan fingerprint density at radius 1 is 1.62 bits per heavy atom. The van der Waals surface area contributed by atoms with Gasteiger partial charge in [-0.25, -0.2) is 9.36 Å². The van der Waals surface area contributed by atoms with Crippen molar-refractivity contribution in [2.24, 2.45) is 0 Å². The molecule has 0 aliphatic carbocycles. The quantitative estimate of drug-likeness (QED) is 0.401. The highest BCUT2D eigenvalue weighted by atomic mass is 35.5. The Labute approximate surface area is 83.7 Å². The molecule has 0 saturated heterocycles. The molecule has 1 rings (SSSR count). The number of hydrogen-bond donors (Lipinski definition) is 0. The highest BCUT2D eigenvalue weighted by Crippen LogP contribution is 1.95. The minimum Gasteiger partial charge on any atom is -1.00 e. The molecular formula is C9H12ClNO2. The molecule has 0 aliphatic heterocycles. The highest BCUT2D eigenvalue weighted by Gasteiger charge is 2.08. The van der Waals surface area contributed by atoms with E-state index in [4.69, 9.17) is 0 Å². The van der Waals surface area contributed by atoms with Gasteiger partial charge in [0.05, 0.1) is 7.11 Å². The van der Waals surface area contributed by atoms with Gasteiger partial charge in [0, 0.05) is 6.07 Å². The highest BCUT2D eigenvalue weighted by molar-refractivity contribution is 5.88. The van der Waals surface area contributed by atoms with Crippen molar-refractivity contribution in [2.45, 2.75) is 13.5 Å². The summed E-state index contributed by atoms with van der Waals surface area (Å²) in [7, 11) is 1.38. The normalized spacial score (nSPS) is 8.77. The van der Waals surface area contributed by atoms with Crippen molar-refractivity contribution in [2.75, 3.05) is 7.11 Å². The monoisotopic (exact) mass is 201 g/mol. The van der Waals surface area contributed by atoms with E-state index in [-0.39, 0.29) is 18.4 Å². The number of aromatic nitrogens is 1. The Kier molecular flexibility index (Phi) is 5.07. The lowest BCUT2D eigenvalue weighted by atomic mass is 10.3. The van der Waals surface area contributed by atoms with Crippen molar-refractivity contribution in [1.82, 2.24) is 0 Å². The zero-order valence-corrected chi connectivity index (χ0v) is 8.41. The van der Waals surface area contributed by atoms with Crippen LogP contribution < -0.4 is 17.0 Å². The maximum Gasteiger partial charge on any atom is 0.343 e. The van der Waals surface area contributed by atoms with Crippen LogP contribution in [0.15, 0.2) is 24.5 Å². The molecule has 4 heteroatoms. The number of aryl methyl sites for hydroxylation is 1. The summed E-state index contributed by atoms with van der Waals surface area (Å²) < 4.78 is 6.51. The van der Waals surface area contributed by atoms with E-state index in [1.165, 1.54) is 7.11 Å². The van der Waals surface area contributed by atoms with Gasteiger partial charge in [-0.2, -0.15) is 0 Å². The van der Waals surface area contributed by atoms with Crippen LogP contribution in [0.3, 0.4) is 0 Å². The molecule has 0 amide bonds. The second-order valence-electron chi connectivity index (χ2n) is 2.41. The zero-order valence-electron chi connectivity index (χ0n) is 7.66. The second-order valence-corrected chi connectivity index (χ2v) is 2.41. The van der Waals surface area contributed by atoms with E-state index in [1.807, 2.05) is 23.8 Å². The first-order valence-corrected chi connectivity index (χ1v) is 3.85. The standard InChI is InChI=1S/C9H12NO2.ClH/c1-3-10-6-4-5-8(7-10)9(11)12-2;/h4-7H,3H2,1-2H3;1H/q+1;/p-1. The van der Waals surface area contributed by atoms with Gasteiger partial charge in [0.2, 0.25) is 0 Å². The van der Waals surface area contributed by atoms with Crippen LogP contribution in [0.5, 0.6) is 0 Å². The number of carbonyl (C=O) groups is 1. The van der Waals surface area contributed by atoms with E-state index in [9.17, 15) is 4.79 Å². The number of hydrogen-bond acceptors (Lipinski definition) is 2. The Morgan fingerprint density at radius 3 is 2.85 bits per heavy atom. The molecule has 0 saturated carbocycles. The van der Waals surface area contributed by atoms with Crippen molar-refractivity contribution < 1.29 is 26.5 Å². The molecule has 13 heavy (non-hydrogen) atoms. The fraction of sp³-hybridized carbons (Fsp3) is 0.333. The molecular weight excluding hydrogens is 190 g/mol. The van der Waals surface area contributed by atoms with Crippen molar-refractivity contribution in [3.63, 3.8) is 0 Å². The molecule has 0 atom stereocenters. The summed E-state index contributed by atoms with van der Waals surface area (Å²) in [5.41, 5.74) is 0.585. The lowest BCUT2D eigenvalue weighted by Crippen LogP contribution is -3.00. The van der Waals surface area contributed by atoms with Gasteiger partial charge in [0.25, 0.3) is 0 Å². The van der Waals surface area contributed by atoms with E-state index >= 15 is 0 Å². The summed E-state index contributed by atoms with van der Waals surface area (Å²) in [4.78, 5) is 11.0. The molecule has 0 radical (unpaired) electrons. The molecule has 0 unspecified atom stereocenters. The van der Waals surface area contributed by atoms with Crippen LogP contribution >= 0.6 is 0 Å². The summed E-state index contributed by atoms with van der Waals surface area (Å²) in [6.45, 7) is 2.87. The van der Waals surface area contributed by atoms with E-state index in [1.54, 1.807) is 12.3 Å². The first kappa shape index (κ1) is 11.9. The van der Waals surface area contributed by atoms with E-state index in [2.05, 4.69) is 4.74 Å². The van der Waals surface area contributed by atoms with Crippen LogP contribution in [0.25, 0.3) is 0 Å². The Balaban J connectivity index is 0.00000144. The van der Waals surface area contributed by atoms with Gasteiger partial charge in [-0.05, 0) is 13.0 Å². The summed E-state index contributed by atoms with van der Waals surface area (Å²) in [6, 6.07) is 3.56. The number of nitrogens with zero attached hydrogens (tertiary/aromatic N) is 1.